The minimum atomic E-state index is 0.555. The zero-order chi connectivity index (χ0) is 15.9. The van der Waals surface area contributed by atoms with Crippen LogP contribution in [0, 0.1) is 0 Å². The first-order chi connectivity index (χ1) is 10.6. The van der Waals surface area contributed by atoms with Gasteiger partial charge in [0.1, 0.15) is 0 Å². The third-order valence-electron chi connectivity index (χ3n) is 4.19. The number of anilines is 1. The second-order valence-electron chi connectivity index (χ2n) is 6.00. The van der Waals surface area contributed by atoms with Crippen LogP contribution in [-0.2, 0) is 6.54 Å². The Hall–Kier alpha value is -1.36. The van der Waals surface area contributed by atoms with E-state index < -0.39 is 0 Å². The Morgan fingerprint density at radius 1 is 1.27 bits per heavy atom. The van der Waals surface area contributed by atoms with Crippen molar-refractivity contribution in [3.8, 4) is 0 Å². The van der Waals surface area contributed by atoms with Gasteiger partial charge in [0.2, 0.25) is 0 Å². The third kappa shape index (κ3) is 4.83. The summed E-state index contributed by atoms with van der Waals surface area (Å²) < 4.78 is 0. The van der Waals surface area contributed by atoms with Crippen LogP contribution in [0.2, 0.25) is 0 Å². The molecular formula is C17H28N4S. The summed E-state index contributed by atoms with van der Waals surface area (Å²) in [6.45, 7) is 0.798. The van der Waals surface area contributed by atoms with Gasteiger partial charge in [-0.05, 0) is 43.2 Å². The van der Waals surface area contributed by atoms with Gasteiger partial charge < -0.3 is 15.5 Å². The number of hydrogen-bond acceptors (Lipinski definition) is 3. The maximum atomic E-state index is 4.34. The summed E-state index contributed by atoms with van der Waals surface area (Å²) in [4.78, 5) is 6.45. The van der Waals surface area contributed by atoms with Crippen LogP contribution in [0.4, 0.5) is 5.69 Å². The lowest BCUT2D eigenvalue weighted by Crippen LogP contribution is -2.42. The molecule has 1 saturated carbocycles. The van der Waals surface area contributed by atoms with Gasteiger partial charge in [0.05, 0.1) is 0 Å². The van der Waals surface area contributed by atoms with Crippen LogP contribution in [0.1, 0.15) is 24.8 Å². The minimum Gasteiger partial charge on any atom is -0.378 e. The molecule has 1 aliphatic carbocycles. The van der Waals surface area contributed by atoms with E-state index in [1.165, 1.54) is 30.5 Å². The third-order valence-corrected chi connectivity index (χ3v) is 5.29. The molecule has 5 heteroatoms. The summed E-state index contributed by atoms with van der Waals surface area (Å²) >= 11 is 1.98. The van der Waals surface area contributed by atoms with E-state index in [-0.39, 0.29) is 0 Å². The fraction of sp³-hybridized carbons (Fsp3) is 0.588. The van der Waals surface area contributed by atoms with Gasteiger partial charge in [0.25, 0.3) is 0 Å². The molecule has 1 aliphatic rings. The number of aliphatic imine (C=N–C) groups is 1. The van der Waals surface area contributed by atoms with Crippen molar-refractivity contribution in [1.82, 2.24) is 10.6 Å². The van der Waals surface area contributed by atoms with Gasteiger partial charge in [-0.3, -0.25) is 4.99 Å². The fourth-order valence-corrected chi connectivity index (χ4v) is 3.57. The predicted molar refractivity (Wildman–Crippen MR) is 99.0 cm³/mol. The van der Waals surface area contributed by atoms with Crippen LogP contribution in [0.15, 0.2) is 29.3 Å². The summed E-state index contributed by atoms with van der Waals surface area (Å²) in [5.74, 6) is 0.906. The van der Waals surface area contributed by atoms with E-state index in [0.717, 1.165) is 17.8 Å². The van der Waals surface area contributed by atoms with E-state index in [9.17, 15) is 0 Å². The summed E-state index contributed by atoms with van der Waals surface area (Å²) in [7, 11) is 5.95. The van der Waals surface area contributed by atoms with Crippen LogP contribution in [0.3, 0.4) is 0 Å². The number of nitrogens with one attached hydrogen (secondary N) is 2. The van der Waals surface area contributed by atoms with E-state index in [2.05, 4.69) is 65.1 Å². The molecule has 2 unspecified atom stereocenters. The summed E-state index contributed by atoms with van der Waals surface area (Å²) in [6, 6.07) is 9.17. The highest BCUT2D eigenvalue weighted by molar-refractivity contribution is 7.99. The second-order valence-corrected chi connectivity index (χ2v) is 7.14. The van der Waals surface area contributed by atoms with Crippen molar-refractivity contribution in [2.24, 2.45) is 4.99 Å². The van der Waals surface area contributed by atoms with Gasteiger partial charge in [-0.2, -0.15) is 11.8 Å². The lowest BCUT2D eigenvalue weighted by atomic mass is 10.2. The van der Waals surface area contributed by atoms with Crippen molar-refractivity contribution in [3.63, 3.8) is 0 Å². The molecule has 0 amide bonds. The topological polar surface area (TPSA) is 39.7 Å². The van der Waals surface area contributed by atoms with Gasteiger partial charge in [-0.1, -0.05) is 12.1 Å². The Morgan fingerprint density at radius 2 is 2.00 bits per heavy atom. The maximum absolute atomic E-state index is 4.34. The minimum absolute atomic E-state index is 0.555. The van der Waals surface area contributed by atoms with Crippen LogP contribution >= 0.6 is 11.8 Å². The van der Waals surface area contributed by atoms with Crippen molar-refractivity contribution in [1.29, 1.82) is 0 Å². The first-order valence-electron chi connectivity index (χ1n) is 7.88. The van der Waals surface area contributed by atoms with Gasteiger partial charge >= 0.3 is 0 Å². The summed E-state index contributed by atoms with van der Waals surface area (Å²) in [6.07, 6.45) is 5.99. The molecular weight excluding hydrogens is 292 g/mol. The van der Waals surface area contributed by atoms with Crippen molar-refractivity contribution in [3.05, 3.63) is 29.8 Å². The van der Waals surface area contributed by atoms with Crippen LogP contribution in [0.25, 0.3) is 0 Å². The smallest absolute Gasteiger partial charge is 0.191 e. The van der Waals surface area contributed by atoms with Crippen LogP contribution < -0.4 is 15.5 Å². The standard InChI is InChI=1S/C17H28N4S/c1-18-17(20-14-7-10-16(11-14)22-4)19-12-13-5-8-15(9-6-13)21(2)3/h5-6,8-9,14,16H,7,10-12H2,1-4H3,(H2,18,19,20). The number of hydrogen-bond donors (Lipinski definition) is 2. The van der Waals surface area contributed by atoms with Gasteiger partial charge in [0.15, 0.2) is 5.96 Å². The Morgan fingerprint density at radius 3 is 2.55 bits per heavy atom. The number of guanidine groups is 1. The molecule has 0 aliphatic heterocycles. The summed E-state index contributed by atoms with van der Waals surface area (Å²) in [5.41, 5.74) is 2.49. The van der Waals surface area contributed by atoms with E-state index in [1.807, 2.05) is 18.8 Å². The molecule has 22 heavy (non-hydrogen) atoms. The fourth-order valence-electron chi connectivity index (χ4n) is 2.77. The first kappa shape index (κ1) is 17.0. The molecule has 1 aromatic rings. The van der Waals surface area contributed by atoms with Crippen molar-refractivity contribution in [2.75, 3.05) is 32.3 Å². The van der Waals surface area contributed by atoms with E-state index >= 15 is 0 Å². The molecule has 0 radical (unpaired) electrons. The van der Waals surface area contributed by atoms with Gasteiger partial charge in [-0.25, -0.2) is 0 Å². The van der Waals surface area contributed by atoms with Crippen molar-refractivity contribution in [2.45, 2.75) is 37.1 Å². The largest absolute Gasteiger partial charge is 0.378 e. The second kappa shape index (κ2) is 8.32. The zero-order valence-electron chi connectivity index (χ0n) is 14.1. The van der Waals surface area contributed by atoms with Crippen molar-refractivity contribution >= 4 is 23.4 Å². The molecule has 0 bridgehead atoms. The first-order valence-corrected chi connectivity index (χ1v) is 9.17. The molecule has 0 saturated heterocycles. The molecule has 4 nitrogen and oxygen atoms in total. The lowest BCUT2D eigenvalue weighted by Gasteiger charge is -2.18. The number of rotatable bonds is 5. The molecule has 1 aromatic carbocycles. The van der Waals surface area contributed by atoms with Crippen LogP contribution in [-0.4, -0.2) is 44.7 Å². The molecule has 0 aromatic heterocycles. The van der Waals surface area contributed by atoms with E-state index in [0.29, 0.717) is 6.04 Å². The number of benzene rings is 1. The maximum Gasteiger partial charge on any atom is 0.191 e. The highest BCUT2D eigenvalue weighted by Gasteiger charge is 2.24. The Kier molecular flexibility index (Phi) is 6.43. The monoisotopic (exact) mass is 320 g/mol. The van der Waals surface area contributed by atoms with Crippen molar-refractivity contribution < 1.29 is 0 Å². The molecule has 2 atom stereocenters. The molecule has 2 N–H and O–H groups in total. The van der Waals surface area contributed by atoms with Gasteiger partial charge in [-0.15, -0.1) is 0 Å². The SMILES string of the molecule is CN=C(NCc1ccc(N(C)C)cc1)NC1CCC(SC)C1. The summed E-state index contributed by atoms with van der Waals surface area (Å²) in [5, 5.41) is 7.76. The van der Waals surface area contributed by atoms with Gasteiger partial charge in [0, 0.05) is 44.7 Å². The lowest BCUT2D eigenvalue weighted by molar-refractivity contribution is 0.614. The average Bonchev–Trinajstić information content (AvgIpc) is 2.99. The number of nitrogens with zero attached hydrogens (tertiary/aromatic N) is 2. The molecule has 1 fully saturated rings. The Balaban J connectivity index is 1.81. The molecule has 0 heterocycles. The quantitative estimate of drug-likeness (QED) is 0.646. The predicted octanol–water partition coefficient (Wildman–Crippen LogP) is 2.70. The van der Waals surface area contributed by atoms with E-state index in [1.54, 1.807) is 0 Å². The molecule has 2 rings (SSSR count). The average molecular weight is 321 g/mol. The Labute approximate surface area is 138 Å². The Bertz CT molecular complexity index is 484. The molecule has 0 spiro atoms. The molecule has 122 valence electrons. The normalized spacial score (nSPS) is 21.7. The highest BCUT2D eigenvalue weighted by atomic mass is 32.2. The number of thioether (sulfide) groups is 1. The zero-order valence-corrected chi connectivity index (χ0v) is 14.9. The van der Waals surface area contributed by atoms with E-state index in [4.69, 9.17) is 0 Å². The highest BCUT2D eigenvalue weighted by Crippen LogP contribution is 2.28. The van der Waals surface area contributed by atoms with Crippen LogP contribution in [0.5, 0.6) is 0 Å².